The second kappa shape index (κ2) is 9.17. The van der Waals surface area contributed by atoms with E-state index in [9.17, 15) is 4.39 Å². The Hall–Kier alpha value is -3.48. The highest BCUT2D eigenvalue weighted by Crippen LogP contribution is 2.41. The Bertz CT molecular complexity index is 1400. The molecule has 0 saturated heterocycles. The van der Waals surface area contributed by atoms with Crippen LogP contribution in [0, 0.1) is 12.7 Å². The topological polar surface area (TPSA) is 47.0 Å². The number of halogens is 2. The van der Waals surface area contributed by atoms with Crippen molar-refractivity contribution < 1.29 is 9.13 Å². The summed E-state index contributed by atoms with van der Waals surface area (Å²) < 4.78 is 19.3. The van der Waals surface area contributed by atoms with Crippen molar-refractivity contribution >= 4 is 44.7 Å². The van der Waals surface area contributed by atoms with Gasteiger partial charge in [0.1, 0.15) is 35.1 Å². The summed E-state index contributed by atoms with van der Waals surface area (Å²) in [4.78, 5) is 10.9. The van der Waals surface area contributed by atoms with Crippen LogP contribution in [0.3, 0.4) is 0 Å². The molecule has 3 aromatic carbocycles. The zero-order valence-electron chi connectivity index (χ0n) is 17.7. The molecule has 2 aromatic heterocycles. The Morgan fingerprint density at radius 3 is 2.39 bits per heavy atom. The summed E-state index contributed by atoms with van der Waals surface area (Å²) in [6.45, 7) is 2.51. The molecule has 0 atom stereocenters. The summed E-state index contributed by atoms with van der Waals surface area (Å²) in [7, 11) is 0. The smallest absolute Gasteiger partial charge is 0.143 e. The molecule has 0 fully saturated rings. The Balaban J connectivity index is 1.39. The van der Waals surface area contributed by atoms with Gasteiger partial charge in [-0.05, 0) is 66.6 Å². The van der Waals surface area contributed by atoms with Crippen LogP contribution in [0.2, 0.25) is 5.02 Å². The molecule has 0 saturated carbocycles. The molecule has 0 aliphatic rings. The van der Waals surface area contributed by atoms with E-state index in [1.807, 2.05) is 55.5 Å². The van der Waals surface area contributed by atoms with Crippen molar-refractivity contribution in [3.8, 4) is 16.9 Å². The number of rotatable bonds is 6. The normalized spacial score (nSPS) is 11.0. The van der Waals surface area contributed by atoms with Crippen LogP contribution in [-0.2, 0) is 6.61 Å². The van der Waals surface area contributed by atoms with Crippen molar-refractivity contribution in [2.45, 2.75) is 13.5 Å². The first kappa shape index (κ1) is 21.4. The van der Waals surface area contributed by atoms with Crippen molar-refractivity contribution in [3.63, 3.8) is 0 Å². The number of nitrogens with zero attached hydrogens (tertiary/aromatic N) is 2. The van der Waals surface area contributed by atoms with Crippen LogP contribution in [0.1, 0.15) is 10.4 Å². The van der Waals surface area contributed by atoms with Gasteiger partial charge in [-0.3, -0.25) is 0 Å². The molecule has 2 heterocycles. The van der Waals surface area contributed by atoms with E-state index in [-0.39, 0.29) is 5.82 Å². The van der Waals surface area contributed by atoms with Gasteiger partial charge in [-0.1, -0.05) is 35.9 Å². The highest BCUT2D eigenvalue weighted by molar-refractivity contribution is 7.19. The molecular weight excluding hydrogens is 457 g/mol. The maximum Gasteiger partial charge on any atom is 0.143 e. The van der Waals surface area contributed by atoms with Crippen LogP contribution >= 0.6 is 22.9 Å². The zero-order chi connectivity index (χ0) is 22.8. The maximum atomic E-state index is 13.5. The lowest BCUT2D eigenvalue weighted by Gasteiger charge is -2.11. The van der Waals surface area contributed by atoms with Crippen molar-refractivity contribution in [1.82, 2.24) is 9.97 Å². The first-order valence-electron chi connectivity index (χ1n) is 10.3. The summed E-state index contributed by atoms with van der Waals surface area (Å²) in [5.41, 5.74) is 3.87. The van der Waals surface area contributed by atoms with Crippen LogP contribution in [-0.4, -0.2) is 9.97 Å². The average molecular weight is 476 g/mol. The summed E-state index contributed by atoms with van der Waals surface area (Å²) in [5, 5.41) is 5.03. The summed E-state index contributed by atoms with van der Waals surface area (Å²) in [6.07, 6.45) is 1.55. The monoisotopic (exact) mass is 475 g/mol. The van der Waals surface area contributed by atoms with E-state index in [0.717, 1.165) is 43.2 Å². The number of benzene rings is 3. The second-order valence-electron chi connectivity index (χ2n) is 7.51. The molecule has 0 amide bonds. The third-order valence-corrected chi connectivity index (χ3v) is 6.50. The van der Waals surface area contributed by atoms with Gasteiger partial charge < -0.3 is 10.1 Å². The number of ether oxygens (including phenoxy) is 1. The predicted molar refractivity (Wildman–Crippen MR) is 133 cm³/mol. The number of nitrogens with one attached hydrogen (secondary N) is 1. The van der Waals surface area contributed by atoms with E-state index in [1.165, 1.54) is 12.1 Å². The van der Waals surface area contributed by atoms with Gasteiger partial charge >= 0.3 is 0 Å². The minimum absolute atomic E-state index is 0.260. The molecule has 0 bridgehead atoms. The molecule has 4 nitrogen and oxygen atoms in total. The van der Waals surface area contributed by atoms with Crippen molar-refractivity contribution in [2.75, 3.05) is 5.32 Å². The molecule has 164 valence electrons. The Kier molecular flexibility index (Phi) is 5.94. The highest BCUT2D eigenvalue weighted by Gasteiger charge is 2.17. The molecule has 0 radical (unpaired) electrons. The average Bonchev–Trinajstić information content (AvgIpc) is 3.17. The maximum absolute atomic E-state index is 13.5. The minimum Gasteiger partial charge on any atom is -0.489 e. The number of aromatic nitrogens is 2. The quantitative estimate of drug-likeness (QED) is 0.272. The molecule has 0 unspecified atom stereocenters. The molecule has 5 aromatic rings. The number of hydrogen-bond acceptors (Lipinski definition) is 5. The van der Waals surface area contributed by atoms with Crippen LogP contribution in [0.4, 0.5) is 15.9 Å². The lowest BCUT2D eigenvalue weighted by Crippen LogP contribution is -1.97. The Labute approximate surface area is 199 Å². The largest absolute Gasteiger partial charge is 0.489 e. The molecule has 7 heteroatoms. The number of thiophene rings is 1. The van der Waals surface area contributed by atoms with E-state index in [1.54, 1.807) is 29.8 Å². The number of hydrogen-bond donors (Lipinski definition) is 1. The van der Waals surface area contributed by atoms with Crippen LogP contribution < -0.4 is 10.1 Å². The molecule has 5 rings (SSSR count). The van der Waals surface area contributed by atoms with Gasteiger partial charge in [-0.15, -0.1) is 11.3 Å². The van der Waals surface area contributed by atoms with Gasteiger partial charge in [0.25, 0.3) is 0 Å². The van der Waals surface area contributed by atoms with Gasteiger partial charge in [-0.2, -0.15) is 0 Å². The fourth-order valence-corrected chi connectivity index (χ4v) is 4.76. The zero-order valence-corrected chi connectivity index (χ0v) is 19.3. The summed E-state index contributed by atoms with van der Waals surface area (Å²) in [6, 6.07) is 21.8. The van der Waals surface area contributed by atoms with Crippen molar-refractivity contribution in [2.24, 2.45) is 0 Å². The van der Waals surface area contributed by atoms with Crippen molar-refractivity contribution in [3.05, 3.63) is 100 Å². The lowest BCUT2D eigenvalue weighted by atomic mass is 10.0. The molecule has 0 aliphatic heterocycles. The fourth-order valence-electron chi connectivity index (χ4n) is 3.62. The SMILES string of the molecule is Cc1sc2ncnc(Nc3ccc(OCc4ccc(Cl)cc4)cc3)c2c1-c1ccc(F)cc1. The number of aryl methyl sites for hydroxylation is 1. The second-order valence-corrected chi connectivity index (χ2v) is 9.15. The van der Waals surface area contributed by atoms with Gasteiger partial charge in [0.15, 0.2) is 0 Å². The van der Waals surface area contributed by atoms with Crippen LogP contribution in [0.15, 0.2) is 79.1 Å². The third kappa shape index (κ3) is 4.67. The van der Waals surface area contributed by atoms with Crippen LogP contribution in [0.25, 0.3) is 21.3 Å². The predicted octanol–water partition coefficient (Wildman–Crippen LogP) is 7.78. The van der Waals surface area contributed by atoms with Gasteiger partial charge in [0.05, 0.1) is 5.39 Å². The summed E-state index contributed by atoms with van der Waals surface area (Å²) >= 11 is 7.53. The van der Waals surface area contributed by atoms with Crippen LogP contribution in [0.5, 0.6) is 5.75 Å². The first-order chi connectivity index (χ1) is 16.1. The van der Waals surface area contributed by atoms with E-state index in [2.05, 4.69) is 15.3 Å². The molecule has 0 spiro atoms. The van der Waals surface area contributed by atoms with E-state index in [0.29, 0.717) is 17.4 Å². The fraction of sp³-hybridized carbons (Fsp3) is 0.0769. The molecule has 0 aliphatic carbocycles. The van der Waals surface area contributed by atoms with E-state index >= 15 is 0 Å². The standard InChI is InChI=1S/C26H19ClFN3OS/c1-16-23(18-4-8-20(28)9-5-18)24-25(29-15-30-26(24)33-16)31-21-10-12-22(13-11-21)32-14-17-2-6-19(27)7-3-17/h2-13,15H,14H2,1H3,(H,29,30,31). The Morgan fingerprint density at radius 2 is 1.67 bits per heavy atom. The molecule has 33 heavy (non-hydrogen) atoms. The van der Waals surface area contributed by atoms with Gasteiger partial charge in [0.2, 0.25) is 0 Å². The number of fused-ring (bicyclic) bond motifs is 1. The molecular formula is C26H19ClFN3OS. The van der Waals surface area contributed by atoms with Gasteiger partial charge in [0, 0.05) is 21.2 Å². The third-order valence-electron chi connectivity index (χ3n) is 5.23. The van der Waals surface area contributed by atoms with E-state index in [4.69, 9.17) is 16.3 Å². The molecule has 1 N–H and O–H groups in total. The van der Waals surface area contributed by atoms with E-state index < -0.39 is 0 Å². The first-order valence-corrected chi connectivity index (χ1v) is 11.5. The Morgan fingerprint density at radius 1 is 0.939 bits per heavy atom. The van der Waals surface area contributed by atoms with Gasteiger partial charge in [-0.25, -0.2) is 14.4 Å². The summed E-state index contributed by atoms with van der Waals surface area (Å²) in [5.74, 6) is 1.21. The minimum atomic E-state index is -0.260. The van der Waals surface area contributed by atoms with Crippen molar-refractivity contribution in [1.29, 1.82) is 0 Å². The lowest BCUT2D eigenvalue weighted by molar-refractivity contribution is 0.306. The number of anilines is 2. The highest BCUT2D eigenvalue weighted by atomic mass is 35.5.